The molecule has 0 spiro atoms. The Morgan fingerprint density at radius 2 is 1.27 bits per heavy atom. The number of hydrogen-bond donors (Lipinski definition) is 1. The number of rotatable bonds is 6. The van der Waals surface area contributed by atoms with Crippen LogP contribution in [-0.2, 0) is 0 Å². The highest BCUT2D eigenvalue weighted by atomic mass is 32.1. The predicted molar refractivity (Wildman–Crippen MR) is 148 cm³/mol. The van der Waals surface area contributed by atoms with Crippen LogP contribution in [0.25, 0.3) is 0 Å². The van der Waals surface area contributed by atoms with Gasteiger partial charge in [-0.15, -0.1) is 5.53 Å². The van der Waals surface area contributed by atoms with Crippen LogP contribution < -0.4 is 25.4 Å². The number of nitrogens with one attached hydrogen (secondary N) is 1. The Morgan fingerprint density at radius 3 is 1.70 bits per heavy atom. The molecular weight excluding hydrogens is 426 g/mol. The van der Waals surface area contributed by atoms with Gasteiger partial charge in [-0.05, 0) is 65.8 Å². The maximum Gasteiger partial charge on any atom is 0.105 e. The Hall–Kier alpha value is -2.31. The summed E-state index contributed by atoms with van der Waals surface area (Å²) in [6.45, 7) is 12.5. The molecule has 1 aliphatic rings. The monoisotopic (exact) mass is 467 g/mol. The Morgan fingerprint density at radius 1 is 0.818 bits per heavy atom. The summed E-state index contributed by atoms with van der Waals surface area (Å²) in [7, 11) is 8.25. The normalized spacial score (nSPS) is 17.4. The van der Waals surface area contributed by atoms with Crippen LogP contribution in [0.5, 0.6) is 0 Å². The van der Waals surface area contributed by atoms with E-state index in [9.17, 15) is 0 Å². The molecule has 3 rings (SSSR count). The van der Waals surface area contributed by atoms with E-state index in [2.05, 4.69) is 137 Å². The van der Waals surface area contributed by atoms with Gasteiger partial charge in [-0.3, -0.25) is 10.0 Å². The molecule has 1 N–H and O–H groups in total. The van der Waals surface area contributed by atoms with Gasteiger partial charge in [0.2, 0.25) is 0 Å². The second kappa shape index (κ2) is 9.51. The molecule has 1 aliphatic heterocycles. The molecule has 0 bridgehead atoms. The lowest BCUT2D eigenvalue weighted by Gasteiger charge is -2.49. The summed E-state index contributed by atoms with van der Waals surface area (Å²) in [6, 6.07) is 17.2. The van der Waals surface area contributed by atoms with Crippen LogP contribution in [0.15, 0.2) is 48.5 Å². The summed E-state index contributed by atoms with van der Waals surface area (Å²) in [5.74, 6) is 0.218. The highest BCUT2D eigenvalue weighted by Gasteiger charge is 2.42. The Bertz CT molecular complexity index is 942. The summed E-state index contributed by atoms with van der Waals surface area (Å²) < 4.78 is 0. The van der Waals surface area contributed by atoms with Crippen molar-refractivity contribution in [3.8, 4) is 0 Å². The quantitative estimate of drug-likeness (QED) is 0.526. The first-order valence-corrected chi connectivity index (χ1v) is 12.1. The molecule has 0 radical (unpaired) electrons. The van der Waals surface area contributed by atoms with Gasteiger partial charge >= 0.3 is 0 Å². The van der Waals surface area contributed by atoms with Gasteiger partial charge < -0.3 is 9.80 Å². The van der Waals surface area contributed by atoms with Gasteiger partial charge in [0.15, 0.2) is 0 Å². The van der Waals surface area contributed by atoms with Crippen LogP contribution in [0, 0.1) is 16.7 Å². The average molecular weight is 468 g/mol. The van der Waals surface area contributed by atoms with Crippen LogP contribution in [0.3, 0.4) is 0 Å². The predicted octanol–water partition coefficient (Wildman–Crippen LogP) is 5.97. The fraction of sp³-hybridized carbons (Fsp3) is 0.519. The van der Waals surface area contributed by atoms with Gasteiger partial charge in [-0.2, -0.15) is 0 Å². The SMILES string of the molecule is CN(C)c1ccc(N2C[C@H](C(C)(C)CC(C)(C)C)C(=S)N(c3ccc(N(C)C)cc3)N2)cc1. The standard InChI is InChI=1S/C27H41N5S/c1-26(2,3)19-27(4,5)24-18-31(22-14-10-20(11-15-22)29(6)7)28-32(25(24)33)23-16-12-21(13-17-23)30(8)9/h10-17,24,28H,18-19H2,1-9H3/t24-/m0/s1. The fourth-order valence-corrected chi connectivity index (χ4v) is 5.42. The minimum absolute atomic E-state index is 0.0427. The summed E-state index contributed by atoms with van der Waals surface area (Å²) in [6.07, 6.45) is 1.09. The van der Waals surface area contributed by atoms with Gasteiger partial charge in [-0.1, -0.05) is 46.8 Å². The molecule has 0 unspecified atom stereocenters. The van der Waals surface area contributed by atoms with E-state index < -0.39 is 0 Å². The zero-order valence-electron chi connectivity index (χ0n) is 21.8. The molecule has 2 aromatic rings. The van der Waals surface area contributed by atoms with Gasteiger partial charge in [0.25, 0.3) is 0 Å². The van der Waals surface area contributed by atoms with Crippen molar-refractivity contribution in [1.29, 1.82) is 0 Å². The minimum Gasteiger partial charge on any atom is -0.378 e. The van der Waals surface area contributed by atoms with Crippen LogP contribution in [0.2, 0.25) is 0 Å². The summed E-state index contributed by atoms with van der Waals surface area (Å²) >= 11 is 6.13. The second-order valence-corrected chi connectivity index (χ2v) is 11.9. The van der Waals surface area contributed by atoms with E-state index in [1.807, 2.05) is 0 Å². The molecule has 6 heteroatoms. The molecule has 0 aliphatic carbocycles. The van der Waals surface area contributed by atoms with Crippen LogP contribution >= 0.6 is 12.2 Å². The first-order chi connectivity index (χ1) is 15.3. The zero-order chi connectivity index (χ0) is 24.6. The molecule has 0 amide bonds. The van der Waals surface area contributed by atoms with E-state index in [-0.39, 0.29) is 16.7 Å². The van der Waals surface area contributed by atoms with Crippen LogP contribution in [0.1, 0.15) is 41.0 Å². The third-order valence-electron chi connectivity index (χ3n) is 6.34. The number of benzene rings is 2. The van der Waals surface area contributed by atoms with Crippen molar-refractivity contribution in [2.24, 2.45) is 16.7 Å². The number of hydrazine groups is 2. The molecular formula is C27H41N5S. The topological polar surface area (TPSA) is 25.0 Å². The van der Waals surface area contributed by atoms with E-state index in [4.69, 9.17) is 12.2 Å². The molecule has 0 aromatic heterocycles. The van der Waals surface area contributed by atoms with E-state index in [0.717, 1.165) is 29.3 Å². The third kappa shape index (κ3) is 5.98. The van der Waals surface area contributed by atoms with E-state index in [0.29, 0.717) is 0 Å². The lowest BCUT2D eigenvalue weighted by atomic mass is 9.68. The molecule has 1 atom stereocenters. The molecule has 1 saturated heterocycles. The highest BCUT2D eigenvalue weighted by molar-refractivity contribution is 7.80. The summed E-state index contributed by atoms with van der Waals surface area (Å²) in [5.41, 5.74) is 8.40. The smallest absolute Gasteiger partial charge is 0.105 e. The number of thiocarbonyl (C=S) groups is 1. The van der Waals surface area contributed by atoms with E-state index in [1.54, 1.807) is 0 Å². The highest BCUT2D eigenvalue weighted by Crippen LogP contribution is 2.42. The van der Waals surface area contributed by atoms with E-state index >= 15 is 0 Å². The Kier molecular flexibility index (Phi) is 7.30. The lowest BCUT2D eigenvalue weighted by Crippen LogP contribution is -2.64. The van der Waals surface area contributed by atoms with E-state index in [1.165, 1.54) is 11.4 Å². The first kappa shape index (κ1) is 25.3. The van der Waals surface area contributed by atoms with Gasteiger partial charge in [0, 0.05) is 52.0 Å². The molecule has 1 heterocycles. The number of hydrogen-bond acceptors (Lipinski definition) is 5. The Labute approximate surface area is 206 Å². The lowest BCUT2D eigenvalue weighted by molar-refractivity contribution is 0.163. The molecule has 180 valence electrons. The molecule has 5 nitrogen and oxygen atoms in total. The first-order valence-electron chi connectivity index (χ1n) is 11.7. The minimum atomic E-state index is 0.0427. The van der Waals surface area contributed by atoms with Crippen molar-refractivity contribution < 1.29 is 0 Å². The van der Waals surface area contributed by atoms with Gasteiger partial charge in [-0.25, -0.2) is 0 Å². The molecule has 2 aromatic carbocycles. The van der Waals surface area contributed by atoms with Crippen molar-refractivity contribution in [3.63, 3.8) is 0 Å². The van der Waals surface area contributed by atoms with Crippen molar-refractivity contribution in [2.75, 3.05) is 54.6 Å². The maximum absolute atomic E-state index is 6.13. The van der Waals surface area contributed by atoms with Crippen molar-refractivity contribution in [3.05, 3.63) is 48.5 Å². The van der Waals surface area contributed by atoms with Crippen LogP contribution in [-0.4, -0.2) is 39.7 Å². The Balaban J connectivity index is 1.98. The van der Waals surface area contributed by atoms with Crippen molar-refractivity contribution in [2.45, 2.75) is 41.0 Å². The van der Waals surface area contributed by atoms with Crippen molar-refractivity contribution >= 4 is 40.0 Å². The molecule has 0 saturated carbocycles. The van der Waals surface area contributed by atoms with Crippen molar-refractivity contribution in [1.82, 2.24) is 5.53 Å². The number of nitrogens with zero attached hydrogens (tertiary/aromatic N) is 4. The summed E-state index contributed by atoms with van der Waals surface area (Å²) in [4.78, 5) is 5.18. The maximum atomic E-state index is 6.13. The molecule has 1 fully saturated rings. The van der Waals surface area contributed by atoms with Crippen LogP contribution in [0.4, 0.5) is 22.7 Å². The second-order valence-electron chi connectivity index (χ2n) is 11.5. The average Bonchev–Trinajstić information content (AvgIpc) is 2.72. The van der Waals surface area contributed by atoms with Gasteiger partial charge in [0.1, 0.15) is 4.99 Å². The third-order valence-corrected chi connectivity index (χ3v) is 6.80. The summed E-state index contributed by atoms with van der Waals surface area (Å²) in [5, 5.41) is 4.33. The zero-order valence-corrected chi connectivity index (χ0v) is 22.6. The molecule has 33 heavy (non-hydrogen) atoms. The van der Waals surface area contributed by atoms with Gasteiger partial charge in [0.05, 0.1) is 11.4 Å². The largest absolute Gasteiger partial charge is 0.378 e. The number of anilines is 4. The fourth-order valence-electron chi connectivity index (χ4n) is 4.88.